The van der Waals surface area contributed by atoms with E-state index in [-0.39, 0.29) is 23.9 Å². The van der Waals surface area contributed by atoms with Gasteiger partial charge in [-0.15, -0.1) is 11.3 Å². The number of nitrogens with one attached hydrogen (secondary N) is 1. The fourth-order valence-corrected chi connectivity index (χ4v) is 5.41. The normalized spacial score (nSPS) is 28.3. The summed E-state index contributed by atoms with van der Waals surface area (Å²) in [6.45, 7) is 3.05. The van der Waals surface area contributed by atoms with E-state index in [1.165, 1.54) is 20.9 Å². The van der Waals surface area contributed by atoms with Crippen LogP contribution >= 0.6 is 11.3 Å². The maximum Gasteiger partial charge on any atom is 0.326 e. The highest BCUT2D eigenvalue weighted by atomic mass is 32.1. The molecule has 2 aromatic rings. The highest BCUT2D eigenvalue weighted by Gasteiger charge is 2.56. The Bertz CT molecular complexity index is 892. The third kappa shape index (κ3) is 2.70. The molecule has 27 heavy (non-hydrogen) atoms. The van der Waals surface area contributed by atoms with Crippen LogP contribution < -0.4 is 5.32 Å². The highest BCUT2D eigenvalue weighted by molar-refractivity contribution is 7.10. The van der Waals surface area contributed by atoms with Gasteiger partial charge in [-0.3, -0.25) is 9.69 Å². The van der Waals surface area contributed by atoms with Crippen molar-refractivity contribution in [3.8, 4) is 0 Å². The molecule has 140 valence electrons. The molecule has 3 heterocycles. The van der Waals surface area contributed by atoms with Gasteiger partial charge in [-0.1, -0.05) is 30.3 Å². The molecule has 5 nitrogen and oxygen atoms in total. The molecule has 0 bridgehead atoms. The van der Waals surface area contributed by atoms with Crippen LogP contribution in [-0.4, -0.2) is 40.5 Å². The van der Waals surface area contributed by atoms with Crippen molar-refractivity contribution in [2.75, 3.05) is 13.2 Å². The summed E-state index contributed by atoms with van der Waals surface area (Å²) in [5, 5.41) is 5.10. The summed E-state index contributed by atoms with van der Waals surface area (Å²) in [4.78, 5) is 30.8. The van der Waals surface area contributed by atoms with Crippen LogP contribution in [0.3, 0.4) is 0 Å². The van der Waals surface area contributed by atoms with Gasteiger partial charge in [0.15, 0.2) is 0 Å². The number of carbonyl (C=O) groups is 2. The number of urea groups is 1. The fraction of sp³-hybridized carbons (Fsp3) is 0.429. The summed E-state index contributed by atoms with van der Waals surface area (Å²) in [5.74, 6) is 0.214. The van der Waals surface area contributed by atoms with Crippen molar-refractivity contribution in [2.45, 2.75) is 37.8 Å². The van der Waals surface area contributed by atoms with Gasteiger partial charge in [-0.25, -0.2) is 9.69 Å². The Hall–Kier alpha value is -2.18. The van der Waals surface area contributed by atoms with E-state index in [9.17, 15) is 9.59 Å². The zero-order chi connectivity index (χ0) is 18.6. The van der Waals surface area contributed by atoms with Crippen LogP contribution in [0.15, 0.2) is 41.8 Å². The lowest BCUT2D eigenvalue weighted by Crippen LogP contribution is -2.48. The molecule has 2 fully saturated rings. The molecule has 1 aromatic carbocycles. The Balaban J connectivity index is 1.46. The standard InChI is InChI=1S/C21H23N3O2S/c1-21(15-7-8-15)19(25)24(20(26)22-21)13-23-11-9-17-16(10-12-27-17)18(23)14-5-3-2-4-6-14/h2-6,10,12,15,18H,7-9,11,13H2,1H3,(H,22,26)/t18-,21+/m0/s1. The second-order valence-corrected chi connectivity index (χ2v) is 8.96. The molecule has 0 unspecified atom stereocenters. The van der Waals surface area contributed by atoms with Crippen LogP contribution in [0.5, 0.6) is 0 Å². The molecule has 3 amide bonds. The molecule has 1 N–H and O–H groups in total. The number of carbonyl (C=O) groups excluding carboxylic acids is 2. The Morgan fingerprint density at radius 2 is 1.96 bits per heavy atom. The van der Waals surface area contributed by atoms with Gasteiger partial charge in [0.1, 0.15) is 5.54 Å². The van der Waals surface area contributed by atoms with Gasteiger partial charge in [0.05, 0.1) is 12.7 Å². The molecular formula is C21H23N3O2S. The van der Waals surface area contributed by atoms with Crippen LogP contribution in [0.25, 0.3) is 0 Å². The van der Waals surface area contributed by atoms with Crippen LogP contribution in [0.4, 0.5) is 4.79 Å². The largest absolute Gasteiger partial charge is 0.326 e. The molecule has 0 spiro atoms. The number of nitrogens with zero attached hydrogens (tertiary/aromatic N) is 2. The zero-order valence-electron chi connectivity index (χ0n) is 15.4. The van der Waals surface area contributed by atoms with Gasteiger partial charge in [0, 0.05) is 11.4 Å². The third-order valence-corrected chi connectivity index (χ3v) is 7.20. The number of hydrogen-bond donors (Lipinski definition) is 1. The quantitative estimate of drug-likeness (QED) is 0.826. The highest BCUT2D eigenvalue weighted by Crippen LogP contribution is 2.43. The predicted octanol–water partition coefficient (Wildman–Crippen LogP) is 3.37. The minimum absolute atomic E-state index is 0.0714. The van der Waals surface area contributed by atoms with E-state index in [4.69, 9.17) is 0 Å². The Labute approximate surface area is 163 Å². The number of fused-ring (bicyclic) bond motifs is 1. The predicted molar refractivity (Wildman–Crippen MR) is 104 cm³/mol. The lowest BCUT2D eigenvalue weighted by atomic mass is 9.93. The van der Waals surface area contributed by atoms with Crippen LogP contribution in [0, 0.1) is 5.92 Å². The fourth-order valence-electron chi connectivity index (χ4n) is 4.51. The number of hydrogen-bond acceptors (Lipinski definition) is 4. The van der Waals surface area contributed by atoms with Crippen molar-refractivity contribution in [2.24, 2.45) is 5.92 Å². The van der Waals surface area contributed by atoms with Gasteiger partial charge < -0.3 is 5.32 Å². The minimum Gasteiger partial charge on any atom is -0.323 e. The molecule has 0 radical (unpaired) electrons. The first kappa shape index (κ1) is 17.0. The topological polar surface area (TPSA) is 52.7 Å². The van der Waals surface area contributed by atoms with Crippen molar-refractivity contribution in [3.63, 3.8) is 0 Å². The van der Waals surface area contributed by atoms with Crippen LogP contribution in [0.1, 0.15) is 41.8 Å². The zero-order valence-corrected chi connectivity index (χ0v) is 16.2. The molecular weight excluding hydrogens is 358 g/mol. The van der Waals surface area contributed by atoms with Crippen molar-refractivity contribution in [1.29, 1.82) is 0 Å². The molecule has 1 aromatic heterocycles. The van der Waals surface area contributed by atoms with Crippen molar-refractivity contribution in [1.82, 2.24) is 15.1 Å². The minimum atomic E-state index is -0.720. The Morgan fingerprint density at radius 3 is 2.70 bits per heavy atom. The molecule has 2 atom stereocenters. The first-order valence-corrected chi connectivity index (χ1v) is 10.5. The monoisotopic (exact) mass is 381 g/mol. The maximum absolute atomic E-state index is 13.0. The van der Waals surface area contributed by atoms with Crippen LogP contribution in [0.2, 0.25) is 0 Å². The van der Waals surface area contributed by atoms with Gasteiger partial charge in [0.25, 0.3) is 5.91 Å². The average molecular weight is 382 g/mol. The Morgan fingerprint density at radius 1 is 1.19 bits per heavy atom. The van der Waals surface area contributed by atoms with E-state index in [1.54, 1.807) is 11.3 Å². The van der Waals surface area contributed by atoms with Gasteiger partial charge >= 0.3 is 6.03 Å². The maximum atomic E-state index is 13.0. The average Bonchev–Trinajstić information content (AvgIpc) is 3.39. The van der Waals surface area contributed by atoms with Crippen molar-refractivity contribution >= 4 is 23.3 Å². The van der Waals surface area contributed by atoms with Crippen molar-refractivity contribution < 1.29 is 9.59 Å². The summed E-state index contributed by atoms with van der Waals surface area (Å²) in [5.41, 5.74) is 1.78. The molecule has 3 aliphatic rings. The third-order valence-electron chi connectivity index (χ3n) is 6.20. The van der Waals surface area contributed by atoms with E-state index < -0.39 is 5.54 Å². The van der Waals surface area contributed by atoms with Gasteiger partial charge in [0.2, 0.25) is 0 Å². The first-order valence-electron chi connectivity index (χ1n) is 9.57. The van der Waals surface area contributed by atoms with E-state index >= 15 is 0 Å². The van der Waals surface area contributed by atoms with E-state index in [0.717, 1.165) is 25.8 Å². The number of benzene rings is 1. The SMILES string of the molecule is C[C@]1(C2CC2)NC(=O)N(CN2CCc3sccc3[C@@H]2c2ccccc2)C1=O. The molecule has 1 saturated heterocycles. The molecule has 1 saturated carbocycles. The first-order chi connectivity index (χ1) is 13.1. The Kier molecular flexibility index (Phi) is 3.88. The summed E-state index contributed by atoms with van der Waals surface area (Å²) in [6, 6.07) is 12.4. The number of rotatable bonds is 4. The number of amides is 3. The second kappa shape index (κ2) is 6.17. The van der Waals surface area contributed by atoms with E-state index in [0.29, 0.717) is 6.67 Å². The molecule has 1 aliphatic carbocycles. The van der Waals surface area contributed by atoms with Gasteiger partial charge in [-0.2, -0.15) is 0 Å². The second-order valence-electron chi connectivity index (χ2n) is 7.96. The molecule has 5 rings (SSSR count). The van der Waals surface area contributed by atoms with Gasteiger partial charge in [-0.05, 0) is 54.7 Å². The summed E-state index contributed by atoms with van der Waals surface area (Å²) in [6.07, 6.45) is 3.00. The summed E-state index contributed by atoms with van der Waals surface area (Å²) >= 11 is 1.80. The smallest absolute Gasteiger partial charge is 0.323 e. The molecule has 6 heteroatoms. The van der Waals surface area contributed by atoms with E-state index in [1.807, 2.05) is 25.1 Å². The lowest BCUT2D eigenvalue weighted by molar-refractivity contribution is -0.133. The number of thiophene rings is 1. The summed E-state index contributed by atoms with van der Waals surface area (Å²) < 4.78 is 0. The number of imide groups is 1. The summed E-state index contributed by atoms with van der Waals surface area (Å²) in [7, 11) is 0. The lowest BCUT2D eigenvalue weighted by Gasteiger charge is -2.37. The van der Waals surface area contributed by atoms with Crippen LogP contribution in [-0.2, 0) is 11.2 Å². The molecule has 2 aliphatic heterocycles. The van der Waals surface area contributed by atoms with Crippen molar-refractivity contribution in [3.05, 3.63) is 57.8 Å². The van der Waals surface area contributed by atoms with E-state index in [2.05, 4.69) is 33.8 Å².